The van der Waals surface area contributed by atoms with E-state index in [9.17, 15) is 24.6 Å². The van der Waals surface area contributed by atoms with Gasteiger partial charge in [-0.25, -0.2) is 0 Å². The van der Waals surface area contributed by atoms with Gasteiger partial charge in [0, 0.05) is 17.6 Å². The number of hydrogen-bond donors (Lipinski definition) is 3. The molecule has 0 spiro atoms. The molecule has 8 heteroatoms. The van der Waals surface area contributed by atoms with Crippen molar-refractivity contribution in [3.05, 3.63) is 70.2 Å². The standard InChI is InChI=1S/C25H29BrN2O5/c1-16(18-8-10-20(26)11-9-18)27-23(32)21(30)22(31)24(33)28-14-12-25(13-15-28,17(2)29)19-6-4-3-5-7-19/h3-11,16,21-22,30-31H,12-15H2,1-2H3,(H,27,32)/t16-,21+,22+/m0/s1. The first-order valence-electron chi connectivity index (χ1n) is 10.9. The summed E-state index contributed by atoms with van der Waals surface area (Å²) in [7, 11) is 0. The molecule has 3 N–H and O–H groups in total. The van der Waals surface area contributed by atoms with E-state index in [1.807, 2.05) is 54.6 Å². The summed E-state index contributed by atoms with van der Waals surface area (Å²) >= 11 is 3.35. The number of aliphatic hydroxyl groups excluding tert-OH is 2. The molecule has 0 saturated carbocycles. The van der Waals surface area contributed by atoms with E-state index in [-0.39, 0.29) is 18.9 Å². The summed E-state index contributed by atoms with van der Waals surface area (Å²) in [5.74, 6) is -1.52. The fourth-order valence-electron chi connectivity index (χ4n) is 4.31. The molecule has 2 amide bonds. The van der Waals surface area contributed by atoms with E-state index >= 15 is 0 Å². The number of rotatable bonds is 7. The number of amides is 2. The number of aliphatic hydroxyl groups is 2. The SMILES string of the molecule is CC(=O)C1(c2ccccc2)CCN(C(=O)[C@H](O)[C@@H](O)C(=O)N[C@@H](C)c2ccc(Br)cc2)CC1. The molecular weight excluding hydrogens is 488 g/mol. The van der Waals surface area contributed by atoms with Crippen LogP contribution >= 0.6 is 15.9 Å². The first kappa shape index (κ1) is 25.1. The number of ketones is 1. The molecule has 1 heterocycles. The van der Waals surface area contributed by atoms with Crippen molar-refractivity contribution in [2.45, 2.75) is 50.4 Å². The van der Waals surface area contributed by atoms with Gasteiger partial charge >= 0.3 is 0 Å². The highest BCUT2D eigenvalue weighted by Gasteiger charge is 2.43. The van der Waals surface area contributed by atoms with Gasteiger partial charge in [0.2, 0.25) is 0 Å². The number of halogens is 1. The molecule has 0 bridgehead atoms. The number of carbonyl (C=O) groups is 3. The first-order chi connectivity index (χ1) is 15.7. The van der Waals surface area contributed by atoms with Crippen LogP contribution in [0.25, 0.3) is 0 Å². The lowest BCUT2D eigenvalue weighted by Crippen LogP contribution is -2.55. The molecule has 3 rings (SSSR count). The first-order valence-corrected chi connectivity index (χ1v) is 11.7. The molecule has 3 atom stereocenters. The van der Waals surface area contributed by atoms with Crippen LogP contribution in [-0.4, -0.2) is 58.0 Å². The molecule has 0 aliphatic carbocycles. The molecular formula is C25H29BrN2O5. The maximum absolute atomic E-state index is 12.8. The van der Waals surface area contributed by atoms with Gasteiger partial charge in [-0.1, -0.05) is 58.4 Å². The molecule has 1 saturated heterocycles. The highest BCUT2D eigenvalue weighted by atomic mass is 79.9. The Balaban J connectivity index is 1.61. The molecule has 1 aliphatic rings. The summed E-state index contributed by atoms with van der Waals surface area (Å²) in [6, 6.07) is 16.4. The van der Waals surface area contributed by atoms with Crippen molar-refractivity contribution in [1.82, 2.24) is 10.2 Å². The van der Waals surface area contributed by atoms with Gasteiger partial charge in [0.1, 0.15) is 5.78 Å². The van der Waals surface area contributed by atoms with Crippen LogP contribution in [-0.2, 0) is 19.8 Å². The zero-order valence-electron chi connectivity index (χ0n) is 18.7. The van der Waals surface area contributed by atoms with Crippen molar-refractivity contribution >= 4 is 33.5 Å². The number of Topliss-reactive ketones (excluding diaryl/α,β-unsaturated/α-hetero) is 1. The van der Waals surface area contributed by atoms with E-state index in [4.69, 9.17) is 0 Å². The minimum Gasteiger partial charge on any atom is -0.380 e. The van der Waals surface area contributed by atoms with Gasteiger partial charge in [0.15, 0.2) is 12.2 Å². The Hall–Kier alpha value is -2.55. The molecule has 33 heavy (non-hydrogen) atoms. The van der Waals surface area contributed by atoms with Crippen molar-refractivity contribution < 1.29 is 24.6 Å². The Morgan fingerprint density at radius 2 is 1.55 bits per heavy atom. The van der Waals surface area contributed by atoms with Gasteiger partial charge in [0.05, 0.1) is 11.5 Å². The summed E-state index contributed by atoms with van der Waals surface area (Å²) in [6.07, 6.45) is -2.96. The van der Waals surface area contributed by atoms with Crippen LogP contribution in [0.4, 0.5) is 0 Å². The topological polar surface area (TPSA) is 107 Å². The average Bonchev–Trinajstić information content (AvgIpc) is 2.83. The van der Waals surface area contributed by atoms with Crippen molar-refractivity contribution in [3.63, 3.8) is 0 Å². The van der Waals surface area contributed by atoms with Crippen LogP contribution in [0.1, 0.15) is 43.9 Å². The molecule has 176 valence electrons. The molecule has 2 aromatic rings. The Kier molecular flexibility index (Phi) is 8.05. The summed E-state index contributed by atoms with van der Waals surface area (Å²) in [5.41, 5.74) is 1.04. The van der Waals surface area contributed by atoms with E-state index in [2.05, 4.69) is 21.2 Å². The Morgan fingerprint density at radius 1 is 0.970 bits per heavy atom. The molecule has 2 aromatic carbocycles. The Bertz CT molecular complexity index is 988. The maximum Gasteiger partial charge on any atom is 0.254 e. The number of carbonyl (C=O) groups excluding carboxylic acids is 3. The lowest BCUT2D eigenvalue weighted by Gasteiger charge is -2.41. The summed E-state index contributed by atoms with van der Waals surface area (Å²) in [5, 5.41) is 23.4. The molecule has 0 unspecified atom stereocenters. The number of nitrogens with one attached hydrogen (secondary N) is 1. The number of hydrogen-bond acceptors (Lipinski definition) is 5. The second kappa shape index (κ2) is 10.6. The van der Waals surface area contributed by atoms with Gasteiger partial charge in [-0.2, -0.15) is 0 Å². The van der Waals surface area contributed by atoms with Gasteiger partial charge in [-0.3, -0.25) is 14.4 Å². The fraction of sp³-hybridized carbons (Fsp3) is 0.400. The number of benzene rings is 2. The summed E-state index contributed by atoms with van der Waals surface area (Å²) in [6.45, 7) is 3.79. The minimum atomic E-state index is -1.90. The van der Waals surface area contributed by atoms with Gasteiger partial charge < -0.3 is 20.4 Å². The third-order valence-electron chi connectivity index (χ3n) is 6.48. The van der Waals surface area contributed by atoms with Gasteiger partial charge in [-0.15, -0.1) is 0 Å². The molecule has 1 aliphatic heterocycles. The van der Waals surface area contributed by atoms with E-state index in [1.165, 1.54) is 4.90 Å². The smallest absolute Gasteiger partial charge is 0.254 e. The predicted octanol–water partition coefficient (Wildman–Crippen LogP) is 2.50. The zero-order valence-corrected chi connectivity index (χ0v) is 20.3. The van der Waals surface area contributed by atoms with Gasteiger partial charge in [-0.05, 0) is 49.9 Å². The lowest BCUT2D eigenvalue weighted by atomic mass is 9.70. The van der Waals surface area contributed by atoms with Crippen LogP contribution < -0.4 is 5.32 Å². The van der Waals surface area contributed by atoms with E-state index in [1.54, 1.807) is 13.8 Å². The highest BCUT2D eigenvalue weighted by Crippen LogP contribution is 2.36. The third kappa shape index (κ3) is 5.51. The number of nitrogens with zero attached hydrogens (tertiary/aromatic N) is 1. The average molecular weight is 517 g/mol. The second-order valence-corrected chi connectivity index (χ2v) is 9.42. The highest BCUT2D eigenvalue weighted by molar-refractivity contribution is 9.10. The largest absolute Gasteiger partial charge is 0.380 e. The number of likely N-dealkylation sites (tertiary alicyclic amines) is 1. The maximum atomic E-state index is 12.8. The van der Waals surface area contributed by atoms with Crippen LogP contribution in [0.2, 0.25) is 0 Å². The van der Waals surface area contributed by atoms with E-state index in [0.717, 1.165) is 15.6 Å². The van der Waals surface area contributed by atoms with Crippen molar-refractivity contribution in [3.8, 4) is 0 Å². The third-order valence-corrected chi connectivity index (χ3v) is 7.01. The molecule has 1 fully saturated rings. The quantitative estimate of drug-likeness (QED) is 0.524. The van der Waals surface area contributed by atoms with E-state index < -0.39 is 35.5 Å². The zero-order chi connectivity index (χ0) is 24.2. The fourth-order valence-corrected chi connectivity index (χ4v) is 4.57. The van der Waals surface area contributed by atoms with Crippen LogP contribution in [0.15, 0.2) is 59.1 Å². The Morgan fingerprint density at radius 3 is 2.09 bits per heavy atom. The molecule has 0 aromatic heterocycles. The lowest BCUT2D eigenvalue weighted by molar-refractivity contribution is -0.155. The van der Waals surface area contributed by atoms with Crippen LogP contribution in [0.5, 0.6) is 0 Å². The summed E-state index contributed by atoms with van der Waals surface area (Å²) in [4.78, 5) is 39.2. The molecule has 7 nitrogen and oxygen atoms in total. The van der Waals surface area contributed by atoms with Crippen LogP contribution in [0, 0.1) is 0 Å². The monoisotopic (exact) mass is 516 g/mol. The Labute approximate surface area is 201 Å². The second-order valence-electron chi connectivity index (χ2n) is 8.50. The van der Waals surface area contributed by atoms with E-state index in [0.29, 0.717) is 12.8 Å². The minimum absolute atomic E-state index is 0.0303. The van der Waals surface area contributed by atoms with Crippen molar-refractivity contribution in [1.29, 1.82) is 0 Å². The normalized spacial score (nSPS) is 18.2. The predicted molar refractivity (Wildman–Crippen MR) is 127 cm³/mol. The summed E-state index contributed by atoms with van der Waals surface area (Å²) < 4.78 is 0.897. The van der Waals surface area contributed by atoms with Crippen molar-refractivity contribution in [2.75, 3.05) is 13.1 Å². The number of piperidine rings is 1. The molecule has 0 radical (unpaired) electrons. The van der Waals surface area contributed by atoms with Gasteiger partial charge in [0.25, 0.3) is 11.8 Å². The van der Waals surface area contributed by atoms with Crippen LogP contribution in [0.3, 0.4) is 0 Å². The van der Waals surface area contributed by atoms with Crippen molar-refractivity contribution in [2.24, 2.45) is 0 Å².